The average molecular weight is 456 g/mol. The van der Waals surface area contributed by atoms with Crippen molar-refractivity contribution in [2.24, 2.45) is 0 Å². The third-order valence-electron chi connectivity index (χ3n) is 4.99. The van der Waals surface area contributed by atoms with Crippen molar-refractivity contribution in [3.05, 3.63) is 64.1 Å². The van der Waals surface area contributed by atoms with Crippen LogP contribution in [0.4, 0.5) is 0 Å². The summed E-state index contributed by atoms with van der Waals surface area (Å²) in [6.07, 6.45) is 2.63. The maximum Gasteiger partial charge on any atom is 0.266 e. The lowest BCUT2D eigenvalue weighted by Gasteiger charge is -2.15. The molecule has 2 aromatic rings. The lowest BCUT2D eigenvalue weighted by Crippen LogP contribution is -2.27. The third-order valence-corrected chi connectivity index (χ3v) is 6.37. The fraction of sp³-hybridized carbons (Fsp3) is 0.360. The Morgan fingerprint density at radius 1 is 1.10 bits per heavy atom. The molecule has 1 saturated heterocycles. The third kappa shape index (κ3) is 5.89. The maximum atomic E-state index is 12.5. The van der Waals surface area contributed by atoms with Gasteiger partial charge in [0.15, 0.2) is 0 Å². The second-order valence-electron chi connectivity index (χ2n) is 7.71. The number of thioether (sulfide) groups is 1. The van der Waals surface area contributed by atoms with Crippen LogP contribution in [0.25, 0.3) is 6.08 Å². The highest BCUT2D eigenvalue weighted by Gasteiger charge is 2.30. The molecule has 4 nitrogen and oxygen atoms in total. The number of nitrogens with zero attached hydrogens (tertiary/aromatic N) is 1. The monoisotopic (exact) mass is 455 g/mol. The molecule has 0 bridgehead atoms. The number of likely N-dealkylation sites (N-methyl/N-ethyl adjacent to an activating group) is 1. The van der Waals surface area contributed by atoms with Crippen LogP contribution < -0.4 is 9.47 Å². The Morgan fingerprint density at radius 2 is 1.81 bits per heavy atom. The highest BCUT2D eigenvalue weighted by molar-refractivity contribution is 8.26. The number of carbonyl (C=O) groups is 1. The molecule has 0 saturated carbocycles. The minimum atomic E-state index is -0.0418. The SMILES string of the molecule is CCN1C(=O)/C(=C/c2ccccc2OCCCOc2cc(C)ccc2C(C)C)SC1=S. The predicted molar refractivity (Wildman–Crippen MR) is 133 cm³/mol. The Bertz CT molecular complexity index is 984. The standard InChI is InChI=1S/C25H29NO3S2/c1-5-26-24(27)23(31-25(26)30)16-19-9-6-7-10-21(19)28-13-8-14-29-22-15-18(4)11-12-20(22)17(2)3/h6-7,9-12,15-17H,5,8,13-14H2,1-4H3/b23-16-. The zero-order chi connectivity index (χ0) is 22.4. The quantitative estimate of drug-likeness (QED) is 0.256. The van der Waals surface area contributed by atoms with Gasteiger partial charge in [0.05, 0.1) is 18.1 Å². The molecule has 0 unspecified atom stereocenters. The van der Waals surface area contributed by atoms with E-state index in [4.69, 9.17) is 21.7 Å². The molecule has 0 radical (unpaired) electrons. The Labute approximate surface area is 194 Å². The molecular weight excluding hydrogens is 426 g/mol. The summed E-state index contributed by atoms with van der Waals surface area (Å²) in [4.78, 5) is 14.7. The summed E-state index contributed by atoms with van der Waals surface area (Å²) in [5, 5.41) is 0. The van der Waals surface area contributed by atoms with Crippen LogP contribution in [0.5, 0.6) is 11.5 Å². The molecule has 0 aliphatic carbocycles. The first-order valence-electron chi connectivity index (χ1n) is 10.6. The van der Waals surface area contributed by atoms with E-state index in [0.29, 0.717) is 34.9 Å². The van der Waals surface area contributed by atoms with Gasteiger partial charge in [0, 0.05) is 18.5 Å². The Kier molecular flexibility index (Phi) is 8.15. The van der Waals surface area contributed by atoms with E-state index < -0.39 is 0 Å². The number of hydrogen-bond acceptors (Lipinski definition) is 5. The van der Waals surface area contributed by atoms with Gasteiger partial charge < -0.3 is 9.47 Å². The molecule has 3 rings (SSSR count). The molecule has 0 aromatic heterocycles. The predicted octanol–water partition coefficient (Wildman–Crippen LogP) is 6.19. The van der Waals surface area contributed by atoms with Crippen molar-refractivity contribution < 1.29 is 14.3 Å². The summed E-state index contributed by atoms with van der Waals surface area (Å²) in [5.41, 5.74) is 3.29. The van der Waals surface area contributed by atoms with E-state index in [1.54, 1.807) is 4.90 Å². The molecule has 2 aromatic carbocycles. The van der Waals surface area contributed by atoms with E-state index in [-0.39, 0.29) is 5.91 Å². The van der Waals surface area contributed by atoms with Crippen LogP contribution in [0.15, 0.2) is 47.4 Å². The number of aryl methyl sites for hydroxylation is 1. The van der Waals surface area contributed by atoms with Crippen molar-refractivity contribution in [3.8, 4) is 11.5 Å². The van der Waals surface area contributed by atoms with E-state index in [2.05, 4.69) is 39.0 Å². The smallest absolute Gasteiger partial charge is 0.266 e. The van der Waals surface area contributed by atoms with Gasteiger partial charge in [0.2, 0.25) is 0 Å². The van der Waals surface area contributed by atoms with Gasteiger partial charge in [0.1, 0.15) is 15.8 Å². The van der Waals surface area contributed by atoms with Gasteiger partial charge in [-0.2, -0.15) is 0 Å². The fourth-order valence-electron chi connectivity index (χ4n) is 3.31. The van der Waals surface area contributed by atoms with Crippen LogP contribution in [-0.2, 0) is 4.79 Å². The van der Waals surface area contributed by atoms with E-state index in [1.807, 2.05) is 37.3 Å². The largest absolute Gasteiger partial charge is 0.493 e. The number of rotatable bonds is 9. The highest BCUT2D eigenvalue weighted by atomic mass is 32.2. The topological polar surface area (TPSA) is 38.8 Å². The van der Waals surface area contributed by atoms with Gasteiger partial charge in [-0.3, -0.25) is 9.69 Å². The van der Waals surface area contributed by atoms with E-state index in [0.717, 1.165) is 23.5 Å². The van der Waals surface area contributed by atoms with Crippen LogP contribution in [0.1, 0.15) is 49.8 Å². The lowest BCUT2D eigenvalue weighted by molar-refractivity contribution is -0.121. The van der Waals surface area contributed by atoms with Crippen LogP contribution in [0.3, 0.4) is 0 Å². The summed E-state index contributed by atoms with van der Waals surface area (Å²) >= 11 is 6.63. The van der Waals surface area contributed by atoms with Crippen molar-refractivity contribution in [1.82, 2.24) is 4.90 Å². The summed E-state index contributed by atoms with van der Waals surface area (Å²) in [7, 11) is 0. The van der Waals surface area contributed by atoms with Gasteiger partial charge in [-0.1, -0.05) is 68.2 Å². The molecule has 0 spiro atoms. The summed E-state index contributed by atoms with van der Waals surface area (Å²) in [6.45, 7) is 10.0. The van der Waals surface area contributed by atoms with E-state index in [1.165, 1.54) is 22.9 Å². The van der Waals surface area contributed by atoms with Crippen LogP contribution in [0, 0.1) is 6.92 Å². The molecule has 31 heavy (non-hydrogen) atoms. The normalized spacial score (nSPS) is 15.3. The molecule has 0 atom stereocenters. The molecule has 164 valence electrons. The molecule has 1 aliphatic heterocycles. The minimum absolute atomic E-state index is 0.0418. The second kappa shape index (κ2) is 10.8. The zero-order valence-electron chi connectivity index (χ0n) is 18.5. The Hall–Kier alpha value is -2.31. The van der Waals surface area contributed by atoms with Gasteiger partial charge >= 0.3 is 0 Å². The molecule has 6 heteroatoms. The lowest BCUT2D eigenvalue weighted by atomic mass is 10.0. The molecule has 1 amide bonds. The second-order valence-corrected chi connectivity index (χ2v) is 9.39. The van der Waals surface area contributed by atoms with Crippen molar-refractivity contribution in [3.63, 3.8) is 0 Å². The van der Waals surface area contributed by atoms with Crippen molar-refractivity contribution in [2.45, 2.75) is 40.0 Å². The van der Waals surface area contributed by atoms with Crippen LogP contribution >= 0.6 is 24.0 Å². The van der Waals surface area contributed by atoms with Gasteiger partial charge in [0.25, 0.3) is 5.91 Å². The number of hydrogen-bond donors (Lipinski definition) is 0. The fourth-order valence-corrected chi connectivity index (χ4v) is 4.69. The van der Waals surface area contributed by atoms with E-state index in [9.17, 15) is 4.79 Å². The number of thiocarbonyl (C=S) groups is 1. The van der Waals surface area contributed by atoms with Gasteiger partial charge in [-0.15, -0.1) is 0 Å². The number of amides is 1. The number of ether oxygens (including phenoxy) is 2. The Morgan fingerprint density at radius 3 is 2.48 bits per heavy atom. The highest BCUT2D eigenvalue weighted by Crippen LogP contribution is 2.34. The summed E-state index contributed by atoms with van der Waals surface area (Å²) in [5.74, 6) is 2.08. The van der Waals surface area contributed by atoms with Crippen LogP contribution in [-0.4, -0.2) is 34.9 Å². The molecular formula is C25H29NO3S2. The first-order valence-corrected chi connectivity index (χ1v) is 11.8. The first kappa shape index (κ1) is 23.4. The minimum Gasteiger partial charge on any atom is -0.493 e. The molecule has 1 aliphatic rings. The number of carbonyl (C=O) groups excluding carboxylic acids is 1. The first-order chi connectivity index (χ1) is 14.9. The number of para-hydroxylation sites is 1. The van der Waals surface area contributed by atoms with Crippen molar-refractivity contribution in [1.29, 1.82) is 0 Å². The zero-order valence-corrected chi connectivity index (χ0v) is 20.1. The van der Waals surface area contributed by atoms with Crippen LogP contribution in [0.2, 0.25) is 0 Å². The average Bonchev–Trinajstić information content (AvgIpc) is 3.01. The van der Waals surface area contributed by atoms with Crippen molar-refractivity contribution >= 4 is 40.3 Å². The van der Waals surface area contributed by atoms with Gasteiger partial charge in [-0.25, -0.2) is 0 Å². The van der Waals surface area contributed by atoms with E-state index >= 15 is 0 Å². The summed E-state index contributed by atoms with van der Waals surface area (Å²) < 4.78 is 12.7. The summed E-state index contributed by atoms with van der Waals surface area (Å²) in [6, 6.07) is 14.1. The Balaban J connectivity index is 1.58. The van der Waals surface area contributed by atoms with Crippen molar-refractivity contribution in [2.75, 3.05) is 19.8 Å². The maximum absolute atomic E-state index is 12.5. The molecule has 0 N–H and O–H groups in total. The van der Waals surface area contributed by atoms with Gasteiger partial charge in [-0.05, 0) is 49.1 Å². The molecule has 1 heterocycles. The number of benzene rings is 2. The molecule has 1 fully saturated rings.